The summed E-state index contributed by atoms with van der Waals surface area (Å²) >= 11 is 0. The third-order valence-corrected chi connectivity index (χ3v) is 3.24. The molecule has 18 heavy (non-hydrogen) atoms. The topological polar surface area (TPSA) is 3.24 Å². The summed E-state index contributed by atoms with van der Waals surface area (Å²) in [4.78, 5) is 2.22. The quantitative estimate of drug-likeness (QED) is 0.731. The molecule has 0 aliphatic carbocycles. The Balaban J connectivity index is 2.35. The van der Waals surface area contributed by atoms with Crippen LogP contribution in [0.2, 0.25) is 0 Å². The van der Waals surface area contributed by atoms with Gasteiger partial charge in [0.05, 0.1) is 0 Å². The Hall–Kier alpha value is -1.76. The number of para-hydroxylation sites is 1. The maximum atomic E-state index is 2.27. The predicted molar refractivity (Wildman–Crippen MR) is 79.6 cm³/mol. The van der Waals surface area contributed by atoms with Crippen molar-refractivity contribution in [2.75, 3.05) is 11.9 Å². The Morgan fingerprint density at radius 1 is 0.778 bits per heavy atom. The lowest BCUT2D eigenvalue weighted by atomic mass is 9.87. The minimum Gasteiger partial charge on any atom is -0.345 e. The summed E-state index contributed by atoms with van der Waals surface area (Å²) in [7, 11) is 2.11. The minimum absolute atomic E-state index is 0.188. The summed E-state index contributed by atoms with van der Waals surface area (Å²) < 4.78 is 0. The average molecular weight is 239 g/mol. The van der Waals surface area contributed by atoms with Gasteiger partial charge in [-0.15, -0.1) is 0 Å². The molecule has 2 aromatic rings. The fourth-order valence-electron chi connectivity index (χ4n) is 1.98. The van der Waals surface area contributed by atoms with Crippen LogP contribution in [0, 0.1) is 0 Å². The average Bonchev–Trinajstić information content (AvgIpc) is 2.38. The van der Waals surface area contributed by atoms with E-state index in [0.29, 0.717) is 0 Å². The molecule has 2 aromatic carbocycles. The van der Waals surface area contributed by atoms with Crippen LogP contribution in [0.1, 0.15) is 26.3 Å². The van der Waals surface area contributed by atoms with Gasteiger partial charge in [-0.2, -0.15) is 0 Å². The van der Waals surface area contributed by atoms with E-state index in [-0.39, 0.29) is 5.41 Å². The third kappa shape index (κ3) is 2.73. The van der Waals surface area contributed by atoms with Crippen molar-refractivity contribution in [2.45, 2.75) is 26.2 Å². The Kier molecular flexibility index (Phi) is 3.42. The van der Waals surface area contributed by atoms with Gasteiger partial charge in [0, 0.05) is 18.4 Å². The Bertz CT molecular complexity index is 509. The van der Waals surface area contributed by atoms with E-state index in [2.05, 4.69) is 81.2 Å². The van der Waals surface area contributed by atoms with Gasteiger partial charge in [-0.1, -0.05) is 51.1 Å². The zero-order chi connectivity index (χ0) is 13.2. The number of rotatable bonds is 2. The molecule has 0 radical (unpaired) electrons. The van der Waals surface area contributed by atoms with Crippen molar-refractivity contribution in [2.24, 2.45) is 0 Å². The fourth-order valence-corrected chi connectivity index (χ4v) is 1.98. The van der Waals surface area contributed by atoms with Crippen LogP contribution in [-0.2, 0) is 5.41 Å². The van der Waals surface area contributed by atoms with Gasteiger partial charge in [-0.3, -0.25) is 0 Å². The van der Waals surface area contributed by atoms with Gasteiger partial charge in [0.15, 0.2) is 0 Å². The van der Waals surface area contributed by atoms with Crippen molar-refractivity contribution in [1.29, 1.82) is 0 Å². The molecule has 0 heterocycles. The zero-order valence-electron chi connectivity index (χ0n) is 11.6. The molecule has 1 heteroatoms. The monoisotopic (exact) mass is 239 g/mol. The molecule has 0 saturated carbocycles. The Morgan fingerprint density at radius 3 is 2.00 bits per heavy atom. The van der Waals surface area contributed by atoms with E-state index in [1.54, 1.807) is 0 Å². The third-order valence-electron chi connectivity index (χ3n) is 3.24. The maximum Gasteiger partial charge on any atom is 0.0411 e. The molecule has 0 aliphatic rings. The molecule has 0 bridgehead atoms. The van der Waals surface area contributed by atoms with Gasteiger partial charge in [0.1, 0.15) is 0 Å². The first-order valence-electron chi connectivity index (χ1n) is 6.38. The first kappa shape index (κ1) is 12.7. The van der Waals surface area contributed by atoms with E-state index in [0.717, 1.165) is 0 Å². The largest absolute Gasteiger partial charge is 0.345 e. The van der Waals surface area contributed by atoms with Crippen molar-refractivity contribution >= 4 is 11.4 Å². The predicted octanol–water partition coefficient (Wildman–Crippen LogP) is 4.75. The van der Waals surface area contributed by atoms with Gasteiger partial charge in [0.2, 0.25) is 0 Å². The second-order valence-corrected chi connectivity index (χ2v) is 5.69. The fraction of sp³-hybridized carbons (Fsp3) is 0.294. The molecular formula is C17H21N. The second kappa shape index (κ2) is 4.85. The van der Waals surface area contributed by atoms with Gasteiger partial charge in [-0.05, 0) is 35.2 Å². The van der Waals surface area contributed by atoms with Gasteiger partial charge >= 0.3 is 0 Å². The standard InChI is InChI=1S/C17H21N/c1-17(2,3)14-9-8-12-16(13-14)18(4)15-10-6-5-7-11-15/h5-13H,1-4H3. The van der Waals surface area contributed by atoms with Crippen LogP contribution in [0.15, 0.2) is 54.6 Å². The molecule has 0 fully saturated rings. The van der Waals surface area contributed by atoms with E-state index >= 15 is 0 Å². The Labute approximate surface area is 110 Å². The number of anilines is 2. The molecular weight excluding hydrogens is 218 g/mol. The van der Waals surface area contributed by atoms with E-state index in [1.807, 2.05) is 6.07 Å². The van der Waals surface area contributed by atoms with E-state index < -0.39 is 0 Å². The summed E-state index contributed by atoms with van der Waals surface area (Å²) in [6.45, 7) is 6.73. The van der Waals surface area contributed by atoms with Crippen LogP contribution in [0.3, 0.4) is 0 Å². The van der Waals surface area contributed by atoms with Crippen LogP contribution in [0.25, 0.3) is 0 Å². The SMILES string of the molecule is CN(c1ccccc1)c1cccc(C(C)(C)C)c1. The minimum atomic E-state index is 0.188. The molecule has 0 spiro atoms. The first-order valence-corrected chi connectivity index (χ1v) is 6.38. The molecule has 0 N–H and O–H groups in total. The molecule has 1 nitrogen and oxygen atoms in total. The maximum absolute atomic E-state index is 2.27. The van der Waals surface area contributed by atoms with E-state index in [1.165, 1.54) is 16.9 Å². The van der Waals surface area contributed by atoms with Crippen molar-refractivity contribution in [3.05, 3.63) is 60.2 Å². The summed E-state index contributed by atoms with van der Waals surface area (Å²) in [5.41, 5.74) is 3.99. The second-order valence-electron chi connectivity index (χ2n) is 5.69. The van der Waals surface area contributed by atoms with Crippen LogP contribution < -0.4 is 4.90 Å². The molecule has 94 valence electrons. The van der Waals surface area contributed by atoms with Crippen LogP contribution in [0.5, 0.6) is 0 Å². The van der Waals surface area contributed by atoms with Crippen LogP contribution in [-0.4, -0.2) is 7.05 Å². The lowest BCUT2D eigenvalue weighted by Gasteiger charge is -2.24. The zero-order valence-corrected chi connectivity index (χ0v) is 11.6. The Morgan fingerprint density at radius 2 is 1.39 bits per heavy atom. The van der Waals surface area contributed by atoms with Gasteiger partial charge in [0.25, 0.3) is 0 Å². The number of hydrogen-bond donors (Lipinski definition) is 0. The normalized spacial score (nSPS) is 11.3. The van der Waals surface area contributed by atoms with Crippen molar-refractivity contribution in [3.8, 4) is 0 Å². The highest BCUT2D eigenvalue weighted by Gasteiger charge is 2.14. The highest BCUT2D eigenvalue weighted by molar-refractivity contribution is 5.63. The lowest BCUT2D eigenvalue weighted by Crippen LogP contribution is -2.14. The van der Waals surface area contributed by atoms with Gasteiger partial charge in [-0.25, -0.2) is 0 Å². The summed E-state index contributed by atoms with van der Waals surface area (Å²) in [5.74, 6) is 0. The van der Waals surface area contributed by atoms with E-state index in [4.69, 9.17) is 0 Å². The molecule has 0 atom stereocenters. The highest BCUT2D eigenvalue weighted by Crippen LogP contribution is 2.29. The molecule has 0 aliphatic heterocycles. The van der Waals surface area contributed by atoms with E-state index in [9.17, 15) is 0 Å². The first-order chi connectivity index (χ1) is 8.48. The molecule has 0 unspecified atom stereocenters. The molecule has 0 amide bonds. The molecule has 0 saturated heterocycles. The smallest absolute Gasteiger partial charge is 0.0411 e. The van der Waals surface area contributed by atoms with Crippen molar-refractivity contribution in [3.63, 3.8) is 0 Å². The van der Waals surface area contributed by atoms with Crippen molar-refractivity contribution < 1.29 is 0 Å². The number of nitrogens with zero attached hydrogens (tertiary/aromatic N) is 1. The number of hydrogen-bond acceptors (Lipinski definition) is 1. The lowest BCUT2D eigenvalue weighted by molar-refractivity contribution is 0.590. The summed E-state index contributed by atoms with van der Waals surface area (Å²) in [6, 6.07) is 19.2. The summed E-state index contributed by atoms with van der Waals surface area (Å²) in [6.07, 6.45) is 0. The highest BCUT2D eigenvalue weighted by atomic mass is 15.1. The van der Waals surface area contributed by atoms with Crippen LogP contribution >= 0.6 is 0 Å². The van der Waals surface area contributed by atoms with Crippen molar-refractivity contribution in [1.82, 2.24) is 0 Å². The number of benzene rings is 2. The summed E-state index contributed by atoms with van der Waals surface area (Å²) in [5, 5.41) is 0. The van der Waals surface area contributed by atoms with Crippen LogP contribution in [0.4, 0.5) is 11.4 Å². The molecule has 2 rings (SSSR count). The van der Waals surface area contributed by atoms with Gasteiger partial charge < -0.3 is 4.90 Å². The molecule has 0 aromatic heterocycles.